The van der Waals surface area contributed by atoms with Crippen molar-refractivity contribution in [3.63, 3.8) is 0 Å². The summed E-state index contributed by atoms with van der Waals surface area (Å²) in [6.07, 6.45) is 0.917. The zero-order valence-corrected chi connectivity index (χ0v) is 26.8. The highest BCUT2D eigenvalue weighted by molar-refractivity contribution is 6.06. The summed E-state index contributed by atoms with van der Waals surface area (Å²) in [6.45, 7) is 0.0177. The quantitative estimate of drug-likeness (QED) is 0.156. The Labute approximate surface area is 282 Å². The van der Waals surface area contributed by atoms with E-state index in [2.05, 4.69) is 20.3 Å². The topological polar surface area (TPSA) is 110 Å². The molecule has 49 heavy (non-hydrogen) atoms. The molecule has 1 saturated heterocycles. The third-order valence-electron chi connectivity index (χ3n) is 8.52. The molecule has 1 aliphatic heterocycles. The summed E-state index contributed by atoms with van der Waals surface area (Å²) >= 11 is 0. The number of amides is 1. The fraction of sp³-hybridized carbons (Fsp3) is 0.184. The van der Waals surface area contributed by atoms with Crippen LogP contribution in [0.15, 0.2) is 122 Å². The minimum absolute atomic E-state index is 0.0177. The normalized spacial score (nSPS) is 17.6. The molecule has 247 valence electrons. The second-order valence-corrected chi connectivity index (χ2v) is 11.4. The molecule has 1 amide bonds. The minimum atomic E-state index is -1.50. The van der Waals surface area contributed by atoms with E-state index < -0.39 is 24.1 Å². The number of carbonyl (C=O) groups is 1. The standard InChI is InChI=1S/C38H33FN5O5/c1-46-29-17-13-27(14-18-29)38(26-11-7-4-8-12-26,28-15-19-30(47-2)20-16-28)48-22-31-21-32(39)37(49-31)44-24-42-33-34(40-23-41-35(33)44)43-36(45)25-9-5-3-6-10-25/h3-21,23-24,31-32,37H,22H2,1-2H3,(H,40,41,43,45)/t31-,32+,37-/m1/s1. The first-order valence-electron chi connectivity index (χ1n) is 15.7. The Kier molecular flexibility index (Phi) is 9.01. The molecule has 4 aromatic carbocycles. The van der Waals surface area contributed by atoms with E-state index in [0.717, 1.165) is 16.7 Å². The highest BCUT2D eigenvalue weighted by atomic mass is 19.1. The molecule has 1 radical (unpaired) electrons. The number of imidazole rings is 1. The second-order valence-electron chi connectivity index (χ2n) is 11.4. The molecule has 7 rings (SSSR count). The molecule has 0 bridgehead atoms. The average molecular weight is 659 g/mol. The summed E-state index contributed by atoms with van der Waals surface area (Å²) < 4.78 is 41.4. The lowest BCUT2D eigenvalue weighted by atomic mass is 9.80. The van der Waals surface area contributed by atoms with Crippen LogP contribution in [-0.4, -0.2) is 58.5 Å². The van der Waals surface area contributed by atoms with Crippen LogP contribution in [-0.2, 0) is 15.1 Å². The predicted octanol–water partition coefficient (Wildman–Crippen LogP) is 6.54. The number of methoxy groups -OCH3 is 2. The summed E-state index contributed by atoms with van der Waals surface area (Å²) in [5.41, 5.74) is 2.56. The van der Waals surface area contributed by atoms with Gasteiger partial charge in [0.2, 0.25) is 0 Å². The third kappa shape index (κ3) is 6.21. The predicted molar refractivity (Wildman–Crippen MR) is 181 cm³/mol. The molecule has 3 heterocycles. The fourth-order valence-corrected chi connectivity index (χ4v) is 6.09. The Bertz CT molecular complexity index is 1980. The van der Waals surface area contributed by atoms with Gasteiger partial charge in [-0.2, -0.15) is 0 Å². The minimum Gasteiger partial charge on any atom is -0.497 e. The lowest BCUT2D eigenvalue weighted by Crippen LogP contribution is -2.36. The number of ether oxygens (including phenoxy) is 4. The van der Waals surface area contributed by atoms with Gasteiger partial charge in [0.15, 0.2) is 29.4 Å². The van der Waals surface area contributed by atoms with Gasteiger partial charge in [-0.05, 0) is 53.1 Å². The number of halogens is 1. The van der Waals surface area contributed by atoms with Crippen molar-refractivity contribution in [2.75, 3.05) is 26.1 Å². The van der Waals surface area contributed by atoms with E-state index in [0.29, 0.717) is 28.2 Å². The molecule has 3 atom stereocenters. The van der Waals surface area contributed by atoms with Gasteiger partial charge in [-0.15, -0.1) is 0 Å². The van der Waals surface area contributed by atoms with Crippen LogP contribution in [0, 0.1) is 6.42 Å². The highest BCUT2D eigenvalue weighted by Gasteiger charge is 2.43. The maximum Gasteiger partial charge on any atom is 0.256 e. The number of benzene rings is 4. The van der Waals surface area contributed by atoms with Gasteiger partial charge in [-0.25, -0.2) is 19.3 Å². The summed E-state index contributed by atoms with van der Waals surface area (Å²) in [5, 5.41) is 2.78. The molecule has 1 fully saturated rings. The Morgan fingerprint density at radius 1 is 0.816 bits per heavy atom. The van der Waals surface area contributed by atoms with Crippen molar-refractivity contribution < 1.29 is 28.1 Å². The Morgan fingerprint density at radius 2 is 1.41 bits per heavy atom. The molecule has 2 aromatic heterocycles. The van der Waals surface area contributed by atoms with Gasteiger partial charge < -0.3 is 24.3 Å². The molecule has 10 nitrogen and oxygen atoms in total. The van der Waals surface area contributed by atoms with Crippen LogP contribution in [0.1, 0.15) is 33.3 Å². The zero-order valence-electron chi connectivity index (χ0n) is 26.8. The van der Waals surface area contributed by atoms with Gasteiger partial charge in [0.1, 0.15) is 23.4 Å². The first kappa shape index (κ1) is 31.9. The molecule has 0 aliphatic carbocycles. The van der Waals surface area contributed by atoms with Gasteiger partial charge in [-0.1, -0.05) is 72.8 Å². The fourth-order valence-electron chi connectivity index (χ4n) is 6.09. The Hall–Kier alpha value is -5.65. The number of hydrogen-bond donors (Lipinski definition) is 1. The van der Waals surface area contributed by atoms with Crippen molar-refractivity contribution in [2.24, 2.45) is 0 Å². The van der Waals surface area contributed by atoms with Crippen LogP contribution in [0.5, 0.6) is 11.5 Å². The molecular weight excluding hydrogens is 625 g/mol. The molecule has 1 aliphatic rings. The summed E-state index contributed by atoms with van der Waals surface area (Å²) in [7, 11) is 3.24. The molecule has 0 unspecified atom stereocenters. The Balaban J connectivity index is 1.18. The number of anilines is 1. The van der Waals surface area contributed by atoms with Crippen LogP contribution in [0.25, 0.3) is 11.2 Å². The first-order valence-corrected chi connectivity index (χ1v) is 15.7. The number of carbonyl (C=O) groups excluding carboxylic acids is 1. The van der Waals surface area contributed by atoms with Gasteiger partial charge >= 0.3 is 0 Å². The SMILES string of the molecule is COc1ccc(C(OC[C@H]2[CH][C@H](F)[C@H](n3cnc4c(NC(=O)c5ccccc5)ncnc43)O2)(c2ccccc2)c2ccc(OC)cc2)cc1. The van der Waals surface area contributed by atoms with Crippen molar-refractivity contribution in [3.8, 4) is 11.5 Å². The van der Waals surface area contributed by atoms with Crippen LogP contribution >= 0.6 is 0 Å². The number of aromatic nitrogens is 4. The van der Waals surface area contributed by atoms with E-state index in [-0.39, 0.29) is 18.3 Å². The van der Waals surface area contributed by atoms with E-state index >= 15 is 4.39 Å². The highest BCUT2D eigenvalue weighted by Crippen LogP contribution is 2.43. The van der Waals surface area contributed by atoms with Crippen molar-refractivity contribution >= 4 is 22.9 Å². The first-order chi connectivity index (χ1) is 24.0. The lowest BCUT2D eigenvalue weighted by molar-refractivity contribution is -0.0771. The van der Waals surface area contributed by atoms with E-state index in [1.54, 1.807) is 38.5 Å². The van der Waals surface area contributed by atoms with Crippen molar-refractivity contribution in [1.82, 2.24) is 19.5 Å². The second kappa shape index (κ2) is 13.8. The van der Waals surface area contributed by atoms with Crippen LogP contribution in [0.2, 0.25) is 0 Å². The summed E-state index contributed by atoms with van der Waals surface area (Å²) in [6, 6.07) is 34.0. The lowest BCUT2D eigenvalue weighted by Gasteiger charge is -2.36. The molecule has 11 heteroatoms. The largest absolute Gasteiger partial charge is 0.497 e. The molecule has 0 saturated carbocycles. The number of hydrogen-bond acceptors (Lipinski definition) is 8. The van der Waals surface area contributed by atoms with Crippen molar-refractivity contribution in [1.29, 1.82) is 0 Å². The maximum absolute atomic E-state index is 15.8. The van der Waals surface area contributed by atoms with Crippen LogP contribution < -0.4 is 14.8 Å². The Morgan fingerprint density at radius 3 is 2.02 bits per heavy atom. The van der Waals surface area contributed by atoms with Gasteiger partial charge in [0.25, 0.3) is 5.91 Å². The number of rotatable bonds is 11. The maximum atomic E-state index is 15.8. The van der Waals surface area contributed by atoms with Crippen molar-refractivity contribution in [3.05, 3.63) is 151 Å². The molecule has 1 N–H and O–H groups in total. The van der Waals surface area contributed by atoms with E-state index in [9.17, 15) is 4.79 Å². The van der Waals surface area contributed by atoms with E-state index in [4.69, 9.17) is 18.9 Å². The van der Waals surface area contributed by atoms with Crippen LogP contribution in [0.4, 0.5) is 10.2 Å². The average Bonchev–Trinajstić information content (AvgIpc) is 3.76. The van der Waals surface area contributed by atoms with E-state index in [1.165, 1.54) is 23.6 Å². The third-order valence-corrected chi connectivity index (χ3v) is 8.52. The molecule has 0 spiro atoms. The number of nitrogens with one attached hydrogen (secondary N) is 1. The zero-order chi connectivity index (χ0) is 33.8. The number of alkyl halides is 1. The number of nitrogens with zero attached hydrogens (tertiary/aromatic N) is 4. The monoisotopic (exact) mass is 658 g/mol. The van der Waals surface area contributed by atoms with Crippen LogP contribution in [0.3, 0.4) is 0 Å². The number of fused-ring (bicyclic) bond motifs is 1. The van der Waals surface area contributed by atoms with Crippen molar-refractivity contribution in [2.45, 2.75) is 24.1 Å². The smallest absolute Gasteiger partial charge is 0.256 e. The molecular formula is C38H33FN5O5. The summed E-state index contributed by atoms with van der Waals surface area (Å²) in [4.78, 5) is 25.8. The summed E-state index contributed by atoms with van der Waals surface area (Å²) in [5.74, 6) is 1.27. The molecule has 6 aromatic rings. The van der Waals surface area contributed by atoms with Gasteiger partial charge in [0, 0.05) is 12.0 Å². The van der Waals surface area contributed by atoms with E-state index in [1.807, 2.05) is 84.9 Å². The van der Waals surface area contributed by atoms with Gasteiger partial charge in [0.05, 0.1) is 33.3 Å². The van der Waals surface area contributed by atoms with Gasteiger partial charge in [-0.3, -0.25) is 9.36 Å².